The van der Waals surface area contributed by atoms with Gasteiger partial charge in [-0.2, -0.15) is 14.9 Å². The number of pyridine rings is 1. The average molecular weight is 382 g/mol. The highest BCUT2D eigenvalue weighted by Gasteiger charge is 2.10. The van der Waals surface area contributed by atoms with Crippen molar-refractivity contribution in [2.24, 2.45) is 5.10 Å². The minimum absolute atomic E-state index is 0.361. The largest absolute Gasteiger partial charge is 0.455 e. The van der Waals surface area contributed by atoms with Gasteiger partial charge in [0, 0.05) is 11.8 Å². The van der Waals surface area contributed by atoms with Crippen LogP contribution in [0.1, 0.15) is 5.76 Å². The first-order valence-corrected chi connectivity index (χ1v) is 8.49. The molecule has 0 unspecified atom stereocenters. The van der Waals surface area contributed by atoms with Crippen LogP contribution >= 0.6 is 23.8 Å². The van der Waals surface area contributed by atoms with Gasteiger partial charge in [0.1, 0.15) is 17.2 Å². The predicted octanol–water partition coefficient (Wildman–Crippen LogP) is 4.80. The predicted molar refractivity (Wildman–Crippen MR) is 103 cm³/mol. The van der Waals surface area contributed by atoms with Crippen LogP contribution in [0.3, 0.4) is 0 Å². The van der Waals surface area contributed by atoms with Gasteiger partial charge in [0.15, 0.2) is 0 Å². The van der Waals surface area contributed by atoms with Crippen molar-refractivity contribution in [1.29, 1.82) is 0 Å². The Morgan fingerprint density at radius 2 is 1.96 bits per heavy atom. The van der Waals surface area contributed by atoms with E-state index < -0.39 is 0 Å². The molecule has 0 aliphatic rings. The van der Waals surface area contributed by atoms with Crippen molar-refractivity contribution in [3.63, 3.8) is 0 Å². The van der Waals surface area contributed by atoms with Gasteiger partial charge in [-0.05, 0) is 48.6 Å². The van der Waals surface area contributed by atoms with Crippen molar-refractivity contribution in [3.8, 4) is 22.8 Å². The summed E-state index contributed by atoms with van der Waals surface area (Å²) in [7, 11) is 0. The molecule has 0 radical (unpaired) electrons. The second kappa shape index (κ2) is 7.07. The van der Waals surface area contributed by atoms with E-state index in [2.05, 4.69) is 20.3 Å². The molecule has 0 atom stereocenters. The van der Waals surface area contributed by atoms with Gasteiger partial charge in [0.25, 0.3) is 0 Å². The Labute approximate surface area is 158 Å². The van der Waals surface area contributed by atoms with Gasteiger partial charge in [-0.3, -0.25) is 4.98 Å². The molecular weight excluding hydrogens is 370 g/mol. The number of rotatable bonds is 4. The number of H-pyrrole nitrogens is 1. The summed E-state index contributed by atoms with van der Waals surface area (Å²) >= 11 is 11.4. The number of hydrogen-bond donors (Lipinski definition) is 1. The molecule has 0 saturated heterocycles. The van der Waals surface area contributed by atoms with Crippen LogP contribution in [-0.2, 0) is 0 Å². The first-order valence-electron chi connectivity index (χ1n) is 7.70. The standard InChI is InChI=1S/C18H12ClN5OS/c19-14-6-2-1-5-13(14)16-9-8-12(25-16)11-21-24-17(22-23-18(24)26)15-7-3-4-10-20-15/h1-11H,(H,23,26)/b21-11+. The molecule has 4 aromatic rings. The topological polar surface area (TPSA) is 72.0 Å². The number of halogens is 1. The van der Waals surface area contributed by atoms with Crippen molar-refractivity contribution in [2.45, 2.75) is 0 Å². The highest BCUT2D eigenvalue weighted by Crippen LogP contribution is 2.28. The van der Waals surface area contributed by atoms with E-state index in [0.717, 1.165) is 5.56 Å². The molecule has 1 N–H and O–H groups in total. The molecule has 128 valence electrons. The summed E-state index contributed by atoms with van der Waals surface area (Å²) in [5.41, 5.74) is 1.48. The lowest BCUT2D eigenvalue weighted by Crippen LogP contribution is -1.95. The Morgan fingerprint density at radius 3 is 2.77 bits per heavy atom. The second-order valence-electron chi connectivity index (χ2n) is 5.31. The molecular formula is C18H12ClN5OS. The van der Waals surface area contributed by atoms with Crippen LogP contribution in [0.15, 0.2) is 70.3 Å². The lowest BCUT2D eigenvalue weighted by Gasteiger charge is -1.99. The van der Waals surface area contributed by atoms with Gasteiger partial charge in [-0.1, -0.05) is 29.8 Å². The van der Waals surface area contributed by atoms with E-state index in [0.29, 0.717) is 32.8 Å². The van der Waals surface area contributed by atoms with E-state index in [1.165, 1.54) is 4.68 Å². The van der Waals surface area contributed by atoms with E-state index >= 15 is 0 Å². The number of benzene rings is 1. The lowest BCUT2D eigenvalue weighted by molar-refractivity contribution is 0.574. The number of aromatic nitrogens is 4. The summed E-state index contributed by atoms with van der Waals surface area (Å²) in [6, 6.07) is 16.7. The van der Waals surface area contributed by atoms with Gasteiger partial charge in [-0.15, -0.1) is 0 Å². The fourth-order valence-corrected chi connectivity index (χ4v) is 2.81. The van der Waals surface area contributed by atoms with Crippen LogP contribution < -0.4 is 0 Å². The summed E-state index contributed by atoms with van der Waals surface area (Å²) in [5, 5.41) is 11.9. The average Bonchev–Trinajstić information content (AvgIpc) is 3.28. The van der Waals surface area contributed by atoms with Gasteiger partial charge < -0.3 is 4.42 Å². The zero-order valence-corrected chi connectivity index (χ0v) is 14.9. The minimum atomic E-state index is 0.361. The van der Waals surface area contributed by atoms with Crippen LogP contribution in [0.4, 0.5) is 0 Å². The first kappa shape index (κ1) is 16.4. The summed E-state index contributed by atoms with van der Waals surface area (Å²) in [6.45, 7) is 0. The van der Waals surface area contributed by atoms with Gasteiger partial charge in [0.05, 0.1) is 11.2 Å². The Bertz CT molecular complexity index is 1130. The SMILES string of the molecule is S=c1[nH]nc(-c2ccccn2)n1/N=C/c1ccc(-c2ccccc2Cl)o1. The molecule has 3 heterocycles. The first-order chi connectivity index (χ1) is 12.7. The molecule has 0 spiro atoms. The Morgan fingerprint density at radius 1 is 1.12 bits per heavy atom. The molecule has 0 saturated carbocycles. The lowest BCUT2D eigenvalue weighted by atomic mass is 10.2. The second-order valence-corrected chi connectivity index (χ2v) is 6.10. The molecule has 0 fully saturated rings. The van der Waals surface area contributed by atoms with Crippen LogP contribution in [0.5, 0.6) is 0 Å². The van der Waals surface area contributed by atoms with Crippen LogP contribution in [0.25, 0.3) is 22.8 Å². The van der Waals surface area contributed by atoms with E-state index in [1.807, 2.05) is 54.6 Å². The fraction of sp³-hybridized carbons (Fsp3) is 0. The highest BCUT2D eigenvalue weighted by atomic mass is 35.5. The Balaban J connectivity index is 1.65. The molecule has 0 bridgehead atoms. The molecule has 3 aromatic heterocycles. The number of nitrogens with one attached hydrogen (secondary N) is 1. The van der Waals surface area contributed by atoms with Gasteiger partial charge >= 0.3 is 0 Å². The maximum absolute atomic E-state index is 6.20. The fourth-order valence-electron chi connectivity index (χ4n) is 2.40. The maximum atomic E-state index is 6.20. The van der Waals surface area contributed by atoms with E-state index in [1.54, 1.807) is 12.4 Å². The molecule has 0 aliphatic heterocycles. The van der Waals surface area contributed by atoms with Crippen molar-refractivity contribution in [3.05, 3.63) is 76.3 Å². The summed E-state index contributed by atoms with van der Waals surface area (Å²) in [4.78, 5) is 4.27. The maximum Gasteiger partial charge on any atom is 0.216 e. The molecule has 4 rings (SSSR count). The molecule has 1 aromatic carbocycles. The van der Waals surface area contributed by atoms with Crippen LogP contribution in [0, 0.1) is 4.77 Å². The normalized spacial score (nSPS) is 11.3. The van der Waals surface area contributed by atoms with Gasteiger partial charge in [-0.25, -0.2) is 5.10 Å². The smallest absolute Gasteiger partial charge is 0.216 e. The zero-order chi connectivity index (χ0) is 17.9. The number of furan rings is 1. The third-order valence-corrected chi connectivity index (χ3v) is 4.20. The van der Waals surface area contributed by atoms with E-state index in [9.17, 15) is 0 Å². The summed E-state index contributed by atoms with van der Waals surface area (Å²) < 4.78 is 7.66. The highest BCUT2D eigenvalue weighted by molar-refractivity contribution is 7.71. The molecule has 8 heteroatoms. The number of aromatic amines is 1. The Kier molecular flexibility index (Phi) is 4.47. The van der Waals surface area contributed by atoms with Gasteiger partial charge in [0.2, 0.25) is 10.6 Å². The van der Waals surface area contributed by atoms with Crippen molar-refractivity contribution < 1.29 is 4.42 Å². The number of hydrogen-bond acceptors (Lipinski definition) is 5. The van der Waals surface area contributed by atoms with Crippen molar-refractivity contribution in [2.75, 3.05) is 0 Å². The van der Waals surface area contributed by atoms with Crippen LogP contribution in [0.2, 0.25) is 5.02 Å². The quantitative estimate of drug-likeness (QED) is 0.407. The minimum Gasteiger partial charge on any atom is -0.455 e. The third-order valence-electron chi connectivity index (χ3n) is 3.61. The van der Waals surface area contributed by atoms with E-state index in [4.69, 9.17) is 28.2 Å². The summed E-state index contributed by atoms with van der Waals surface area (Å²) in [5.74, 6) is 1.75. The van der Waals surface area contributed by atoms with Crippen LogP contribution in [-0.4, -0.2) is 26.1 Å². The molecule has 6 nitrogen and oxygen atoms in total. The van der Waals surface area contributed by atoms with E-state index in [-0.39, 0.29) is 0 Å². The number of nitrogens with zero attached hydrogens (tertiary/aromatic N) is 4. The monoisotopic (exact) mass is 381 g/mol. The zero-order valence-electron chi connectivity index (χ0n) is 13.3. The Hall–Kier alpha value is -3.03. The molecule has 26 heavy (non-hydrogen) atoms. The summed E-state index contributed by atoms with van der Waals surface area (Å²) in [6.07, 6.45) is 3.25. The van der Waals surface area contributed by atoms with Crippen molar-refractivity contribution in [1.82, 2.24) is 19.9 Å². The van der Waals surface area contributed by atoms with Crippen molar-refractivity contribution >= 4 is 30.0 Å². The molecule has 0 amide bonds. The third kappa shape index (κ3) is 3.22. The molecule has 0 aliphatic carbocycles.